The third-order valence-electron chi connectivity index (χ3n) is 4.04. The minimum atomic E-state index is -3.43. The summed E-state index contributed by atoms with van der Waals surface area (Å²) < 4.78 is 25.7. The average Bonchev–Trinajstić information content (AvgIpc) is 2.54. The second-order valence-corrected chi connectivity index (χ2v) is 7.47. The summed E-state index contributed by atoms with van der Waals surface area (Å²) in [5.41, 5.74) is 1.03. The molecular formula is C15H23N3O4S. The molecule has 1 saturated heterocycles. The number of benzene rings is 1. The number of nitrogens with zero attached hydrogens (tertiary/aromatic N) is 2. The molecule has 23 heavy (non-hydrogen) atoms. The van der Waals surface area contributed by atoms with Gasteiger partial charge in [0.15, 0.2) is 0 Å². The van der Waals surface area contributed by atoms with Crippen molar-refractivity contribution < 1.29 is 18.3 Å². The van der Waals surface area contributed by atoms with E-state index in [4.69, 9.17) is 0 Å². The highest BCUT2D eigenvalue weighted by Crippen LogP contribution is 2.26. The van der Waals surface area contributed by atoms with Crippen molar-refractivity contribution in [3.8, 4) is 0 Å². The Morgan fingerprint density at radius 2 is 1.87 bits per heavy atom. The molecule has 0 bridgehead atoms. The van der Waals surface area contributed by atoms with Crippen molar-refractivity contribution in [1.29, 1.82) is 0 Å². The topological polar surface area (TPSA) is 90.0 Å². The van der Waals surface area contributed by atoms with Crippen molar-refractivity contribution in [1.82, 2.24) is 4.90 Å². The maximum atomic E-state index is 11.6. The minimum Gasteiger partial charge on any atom is -0.478 e. The van der Waals surface area contributed by atoms with E-state index in [0.717, 1.165) is 32.7 Å². The van der Waals surface area contributed by atoms with Crippen LogP contribution in [0.4, 0.5) is 11.4 Å². The number of carbonyl (C=O) groups is 1. The maximum Gasteiger partial charge on any atom is 0.337 e. The van der Waals surface area contributed by atoms with Gasteiger partial charge in [0.25, 0.3) is 0 Å². The zero-order chi connectivity index (χ0) is 17.0. The van der Waals surface area contributed by atoms with Crippen molar-refractivity contribution in [2.75, 3.05) is 48.1 Å². The second kappa shape index (κ2) is 7.18. The van der Waals surface area contributed by atoms with Crippen molar-refractivity contribution in [3.05, 3.63) is 23.8 Å². The van der Waals surface area contributed by atoms with Crippen LogP contribution in [0.15, 0.2) is 18.2 Å². The number of piperazine rings is 1. The van der Waals surface area contributed by atoms with Gasteiger partial charge < -0.3 is 14.9 Å². The first-order valence-corrected chi connectivity index (χ1v) is 9.36. The van der Waals surface area contributed by atoms with E-state index >= 15 is 0 Å². The van der Waals surface area contributed by atoms with Crippen LogP contribution >= 0.6 is 0 Å². The molecule has 1 aromatic carbocycles. The van der Waals surface area contributed by atoms with Gasteiger partial charge in [-0.1, -0.05) is 6.92 Å². The van der Waals surface area contributed by atoms with Gasteiger partial charge in [0.05, 0.1) is 17.0 Å². The Hall–Kier alpha value is -1.80. The number of nitrogens with one attached hydrogen (secondary N) is 1. The summed E-state index contributed by atoms with van der Waals surface area (Å²) in [5, 5.41) is 9.46. The van der Waals surface area contributed by atoms with Gasteiger partial charge in [-0.05, 0) is 31.7 Å². The predicted molar refractivity (Wildman–Crippen MR) is 90.8 cm³/mol. The maximum absolute atomic E-state index is 11.6. The molecule has 1 fully saturated rings. The number of rotatable bonds is 6. The molecule has 0 amide bonds. The Bertz CT molecular complexity index is 667. The lowest BCUT2D eigenvalue weighted by atomic mass is 10.1. The first-order chi connectivity index (χ1) is 10.9. The molecule has 0 spiro atoms. The Labute approximate surface area is 136 Å². The molecule has 1 aliphatic heterocycles. The van der Waals surface area contributed by atoms with Gasteiger partial charge in [0.1, 0.15) is 0 Å². The fourth-order valence-corrected chi connectivity index (χ4v) is 3.23. The first kappa shape index (κ1) is 17.6. The molecule has 1 heterocycles. The van der Waals surface area contributed by atoms with E-state index in [9.17, 15) is 18.3 Å². The van der Waals surface area contributed by atoms with Gasteiger partial charge in [-0.3, -0.25) is 4.72 Å². The van der Waals surface area contributed by atoms with Gasteiger partial charge >= 0.3 is 5.97 Å². The van der Waals surface area contributed by atoms with Crippen molar-refractivity contribution in [3.63, 3.8) is 0 Å². The Balaban J connectivity index is 2.25. The Morgan fingerprint density at radius 3 is 2.39 bits per heavy atom. The molecule has 0 aromatic heterocycles. The number of hydrogen-bond donors (Lipinski definition) is 2. The number of anilines is 2. The van der Waals surface area contributed by atoms with Crippen LogP contribution in [-0.4, -0.2) is 62.9 Å². The summed E-state index contributed by atoms with van der Waals surface area (Å²) in [5.74, 6) is -1.12. The molecule has 0 aliphatic carbocycles. The highest BCUT2D eigenvalue weighted by Gasteiger charge is 2.21. The summed E-state index contributed by atoms with van der Waals surface area (Å²) in [7, 11) is -3.43. The molecule has 1 aromatic rings. The van der Waals surface area contributed by atoms with Gasteiger partial charge in [0.2, 0.25) is 10.0 Å². The smallest absolute Gasteiger partial charge is 0.337 e. The summed E-state index contributed by atoms with van der Waals surface area (Å²) in [6.45, 7) is 7.91. The summed E-state index contributed by atoms with van der Waals surface area (Å²) in [6.07, 6.45) is 0. The van der Waals surface area contributed by atoms with Crippen LogP contribution in [0.3, 0.4) is 0 Å². The lowest BCUT2D eigenvalue weighted by Crippen LogP contribution is -2.46. The normalized spacial score (nSPS) is 16.3. The summed E-state index contributed by atoms with van der Waals surface area (Å²) in [4.78, 5) is 15.9. The van der Waals surface area contributed by atoms with E-state index in [0.29, 0.717) is 5.69 Å². The number of carboxylic acid groups (broad SMARTS) is 1. The zero-order valence-electron chi connectivity index (χ0n) is 13.4. The van der Waals surface area contributed by atoms with Crippen molar-refractivity contribution in [2.45, 2.75) is 13.8 Å². The van der Waals surface area contributed by atoms with E-state index < -0.39 is 16.0 Å². The van der Waals surface area contributed by atoms with E-state index in [2.05, 4.69) is 16.5 Å². The molecule has 0 saturated carbocycles. The summed E-state index contributed by atoms with van der Waals surface area (Å²) >= 11 is 0. The highest BCUT2D eigenvalue weighted by atomic mass is 32.2. The zero-order valence-corrected chi connectivity index (χ0v) is 14.3. The van der Waals surface area contributed by atoms with Crippen LogP contribution in [0.1, 0.15) is 24.2 Å². The third-order valence-corrected chi connectivity index (χ3v) is 5.35. The standard InChI is InChI=1S/C15H23N3O4S/c1-3-17-7-9-18(10-8-17)14-6-5-12(11-13(14)15(19)20)16-23(21,22)4-2/h5-6,11,16H,3-4,7-10H2,1-2H3,(H,19,20). The fourth-order valence-electron chi connectivity index (χ4n) is 2.60. The fraction of sp³-hybridized carbons (Fsp3) is 0.533. The van der Waals surface area contributed by atoms with Crippen LogP contribution in [0.5, 0.6) is 0 Å². The molecular weight excluding hydrogens is 318 g/mol. The molecule has 0 radical (unpaired) electrons. The number of likely N-dealkylation sites (N-methyl/N-ethyl adjacent to an activating group) is 1. The molecule has 1 aliphatic rings. The average molecular weight is 341 g/mol. The number of sulfonamides is 1. The number of aromatic carboxylic acids is 1. The van der Waals surface area contributed by atoms with Crippen LogP contribution in [0.25, 0.3) is 0 Å². The quantitative estimate of drug-likeness (QED) is 0.810. The lowest BCUT2D eigenvalue weighted by molar-refractivity contribution is 0.0697. The highest BCUT2D eigenvalue weighted by molar-refractivity contribution is 7.92. The van der Waals surface area contributed by atoms with Crippen LogP contribution in [0.2, 0.25) is 0 Å². The van der Waals surface area contributed by atoms with Gasteiger partial charge in [-0.2, -0.15) is 0 Å². The van der Waals surface area contributed by atoms with E-state index in [1.54, 1.807) is 12.1 Å². The minimum absolute atomic E-state index is 0.0594. The predicted octanol–water partition coefficient (Wildman–Crippen LogP) is 1.29. The third kappa shape index (κ3) is 4.35. The number of hydrogen-bond acceptors (Lipinski definition) is 5. The molecule has 8 heteroatoms. The SMILES string of the molecule is CCN1CCN(c2ccc(NS(=O)(=O)CC)cc2C(=O)O)CC1. The van der Waals surface area contributed by atoms with Crippen LogP contribution < -0.4 is 9.62 Å². The lowest BCUT2D eigenvalue weighted by Gasteiger charge is -2.36. The monoisotopic (exact) mass is 341 g/mol. The van der Waals surface area contributed by atoms with E-state index in [1.807, 2.05) is 4.90 Å². The van der Waals surface area contributed by atoms with Crippen molar-refractivity contribution in [2.24, 2.45) is 0 Å². The largest absolute Gasteiger partial charge is 0.478 e. The Kier molecular flexibility index (Phi) is 5.48. The molecule has 7 nitrogen and oxygen atoms in total. The van der Waals surface area contributed by atoms with Gasteiger partial charge in [0, 0.05) is 31.9 Å². The Morgan fingerprint density at radius 1 is 1.22 bits per heavy atom. The van der Waals surface area contributed by atoms with Crippen LogP contribution in [-0.2, 0) is 10.0 Å². The molecule has 0 unspecified atom stereocenters. The number of carboxylic acids is 1. The van der Waals surface area contributed by atoms with Gasteiger partial charge in [-0.15, -0.1) is 0 Å². The van der Waals surface area contributed by atoms with Crippen LogP contribution in [0, 0.1) is 0 Å². The van der Waals surface area contributed by atoms with E-state index in [1.165, 1.54) is 13.0 Å². The summed E-state index contributed by atoms with van der Waals surface area (Å²) in [6, 6.07) is 4.68. The van der Waals surface area contributed by atoms with E-state index in [-0.39, 0.29) is 17.0 Å². The van der Waals surface area contributed by atoms with Crippen molar-refractivity contribution >= 4 is 27.4 Å². The molecule has 0 atom stereocenters. The first-order valence-electron chi connectivity index (χ1n) is 7.71. The molecule has 2 N–H and O–H groups in total. The van der Waals surface area contributed by atoms with Gasteiger partial charge in [-0.25, -0.2) is 13.2 Å². The molecule has 2 rings (SSSR count). The molecule has 128 valence electrons. The second-order valence-electron chi connectivity index (χ2n) is 5.46.